The normalized spacial score (nSPS) is 12.1. The van der Waals surface area contributed by atoms with Gasteiger partial charge in [0, 0.05) is 18.8 Å². The van der Waals surface area contributed by atoms with Crippen LogP contribution in [0.3, 0.4) is 0 Å². The largest absolute Gasteiger partial charge is 0.398 e. The van der Waals surface area contributed by atoms with E-state index in [1.807, 2.05) is 18.2 Å². The first-order chi connectivity index (χ1) is 9.17. The second-order valence-electron chi connectivity index (χ2n) is 4.85. The Hall–Kier alpha value is -1.55. The molecule has 0 aliphatic rings. The van der Waals surface area contributed by atoms with E-state index < -0.39 is 0 Å². The average molecular weight is 264 g/mol. The first-order valence-electron chi connectivity index (χ1n) is 6.88. The van der Waals surface area contributed by atoms with Crippen LogP contribution >= 0.6 is 0 Å². The van der Waals surface area contributed by atoms with E-state index in [0.29, 0.717) is 24.6 Å². The number of nitrogens with one attached hydrogen (secondary N) is 1. The number of benzene rings is 1. The summed E-state index contributed by atoms with van der Waals surface area (Å²) in [7, 11) is 0. The number of carbonyl (C=O) groups excluding carboxylic acids is 1. The molecule has 106 valence electrons. The molecule has 0 saturated carbocycles. The van der Waals surface area contributed by atoms with Gasteiger partial charge in [0.05, 0.1) is 6.42 Å². The third kappa shape index (κ3) is 5.75. The van der Waals surface area contributed by atoms with Crippen molar-refractivity contribution in [2.45, 2.75) is 32.6 Å². The number of amides is 1. The molecule has 0 aliphatic heterocycles. The van der Waals surface area contributed by atoms with Gasteiger partial charge >= 0.3 is 0 Å². The van der Waals surface area contributed by atoms with Gasteiger partial charge in [0.15, 0.2) is 0 Å². The van der Waals surface area contributed by atoms with E-state index in [2.05, 4.69) is 12.2 Å². The number of nitrogen functional groups attached to an aromatic ring is 1. The van der Waals surface area contributed by atoms with E-state index in [1.54, 1.807) is 6.07 Å². The predicted molar refractivity (Wildman–Crippen MR) is 77.7 cm³/mol. The number of rotatable bonds is 8. The van der Waals surface area contributed by atoms with Crippen LogP contribution in [-0.2, 0) is 11.2 Å². The third-order valence-corrected chi connectivity index (χ3v) is 3.23. The topological polar surface area (TPSA) is 75.3 Å². The maximum absolute atomic E-state index is 11.8. The van der Waals surface area contributed by atoms with E-state index in [1.165, 1.54) is 0 Å². The molecule has 1 rings (SSSR count). The van der Waals surface area contributed by atoms with Crippen LogP contribution in [0.2, 0.25) is 0 Å². The number of nitrogens with two attached hydrogens (primary N) is 1. The van der Waals surface area contributed by atoms with E-state index in [9.17, 15) is 4.79 Å². The number of aliphatic hydroxyl groups is 1. The van der Waals surface area contributed by atoms with Gasteiger partial charge in [-0.1, -0.05) is 31.5 Å². The molecule has 0 heterocycles. The van der Waals surface area contributed by atoms with Gasteiger partial charge in [0.1, 0.15) is 0 Å². The van der Waals surface area contributed by atoms with Gasteiger partial charge in [0.2, 0.25) is 5.91 Å². The summed E-state index contributed by atoms with van der Waals surface area (Å²) in [5, 5.41) is 11.9. The van der Waals surface area contributed by atoms with Crippen LogP contribution in [0.1, 0.15) is 31.7 Å². The summed E-state index contributed by atoms with van der Waals surface area (Å²) in [6, 6.07) is 7.40. The number of anilines is 1. The van der Waals surface area contributed by atoms with Crippen LogP contribution in [-0.4, -0.2) is 24.2 Å². The molecule has 4 heteroatoms. The van der Waals surface area contributed by atoms with E-state index in [-0.39, 0.29) is 12.5 Å². The molecule has 0 radical (unpaired) electrons. The Morgan fingerprint density at radius 1 is 1.37 bits per heavy atom. The Morgan fingerprint density at radius 3 is 2.74 bits per heavy atom. The van der Waals surface area contributed by atoms with Gasteiger partial charge < -0.3 is 16.2 Å². The SMILES string of the molecule is CCCC(CCO)CNC(=O)Cc1ccccc1N. The molecule has 1 unspecified atom stereocenters. The molecule has 0 saturated heterocycles. The second-order valence-corrected chi connectivity index (χ2v) is 4.85. The zero-order chi connectivity index (χ0) is 14.1. The van der Waals surface area contributed by atoms with Crippen molar-refractivity contribution in [3.8, 4) is 0 Å². The van der Waals surface area contributed by atoms with Crippen LogP contribution in [0, 0.1) is 5.92 Å². The molecule has 0 aromatic heterocycles. The molecule has 0 aliphatic carbocycles. The van der Waals surface area contributed by atoms with Crippen molar-refractivity contribution in [1.29, 1.82) is 0 Å². The van der Waals surface area contributed by atoms with Gasteiger partial charge in [-0.2, -0.15) is 0 Å². The summed E-state index contributed by atoms with van der Waals surface area (Å²) in [6.45, 7) is 2.91. The van der Waals surface area contributed by atoms with Crippen LogP contribution < -0.4 is 11.1 Å². The first kappa shape index (κ1) is 15.5. The maximum Gasteiger partial charge on any atom is 0.224 e. The number of aliphatic hydroxyl groups excluding tert-OH is 1. The van der Waals surface area contributed by atoms with E-state index in [0.717, 1.165) is 24.8 Å². The van der Waals surface area contributed by atoms with Gasteiger partial charge in [-0.25, -0.2) is 0 Å². The summed E-state index contributed by atoms with van der Waals surface area (Å²) in [5.74, 6) is 0.337. The maximum atomic E-state index is 11.8. The highest BCUT2D eigenvalue weighted by molar-refractivity contribution is 5.80. The van der Waals surface area contributed by atoms with Crippen molar-refractivity contribution in [2.75, 3.05) is 18.9 Å². The van der Waals surface area contributed by atoms with Crippen molar-refractivity contribution in [3.63, 3.8) is 0 Å². The Kier molecular flexibility index (Phi) is 6.97. The second kappa shape index (κ2) is 8.53. The van der Waals surface area contributed by atoms with Crippen molar-refractivity contribution in [3.05, 3.63) is 29.8 Å². The summed E-state index contributed by atoms with van der Waals surface area (Å²) in [4.78, 5) is 11.8. The Bertz CT molecular complexity index is 387. The third-order valence-electron chi connectivity index (χ3n) is 3.23. The van der Waals surface area contributed by atoms with Gasteiger partial charge in [-0.3, -0.25) is 4.79 Å². The van der Waals surface area contributed by atoms with Gasteiger partial charge in [-0.15, -0.1) is 0 Å². The summed E-state index contributed by atoms with van der Waals surface area (Å²) in [6.07, 6.45) is 3.13. The highest BCUT2D eigenvalue weighted by Gasteiger charge is 2.10. The van der Waals surface area contributed by atoms with E-state index >= 15 is 0 Å². The fourth-order valence-electron chi connectivity index (χ4n) is 2.13. The highest BCUT2D eigenvalue weighted by atomic mass is 16.3. The summed E-state index contributed by atoms with van der Waals surface area (Å²) in [5.41, 5.74) is 7.31. The lowest BCUT2D eigenvalue weighted by Crippen LogP contribution is -2.31. The smallest absolute Gasteiger partial charge is 0.224 e. The number of hydrogen-bond acceptors (Lipinski definition) is 3. The molecule has 19 heavy (non-hydrogen) atoms. The molecule has 0 bridgehead atoms. The van der Waals surface area contributed by atoms with E-state index in [4.69, 9.17) is 10.8 Å². The monoisotopic (exact) mass is 264 g/mol. The molecule has 1 atom stereocenters. The minimum absolute atomic E-state index is 0.0167. The zero-order valence-electron chi connectivity index (χ0n) is 11.6. The molecule has 1 aromatic rings. The van der Waals surface area contributed by atoms with Crippen molar-refractivity contribution in [2.24, 2.45) is 5.92 Å². The lowest BCUT2D eigenvalue weighted by atomic mass is 10.00. The first-order valence-corrected chi connectivity index (χ1v) is 6.88. The number of hydrogen-bond donors (Lipinski definition) is 3. The number of carbonyl (C=O) groups is 1. The summed E-state index contributed by atoms with van der Waals surface area (Å²) < 4.78 is 0. The summed E-state index contributed by atoms with van der Waals surface area (Å²) >= 11 is 0. The molecular weight excluding hydrogens is 240 g/mol. The average Bonchev–Trinajstić information content (AvgIpc) is 2.39. The standard InChI is InChI=1S/C15H24N2O2/c1-2-5-12(8-9-18)11-17-15(19)10-13-6-3-4-7-14(13)16/h3-4,6-7,12,18H,2,5,8-11,16H2,1H3,(H,17,19). The lowest BCUT2D eigenvalue weighted by molar-refractivity contribution is -0.120. The number of para-hydroxylation sites is 1. The predicted octanol–water partition coefficient (Wildman–Crippen LogP) is 1.73. The van der Waals surface area contributed by atoms with Crippen molar-refractivity contribution >= 4 is 11.6 Å². The van der Waals surface area contributed by atoms with Crippen LogP contribution in [0.15, 0.2) is 24.3 Å². The quantitative estimate of drug-likeness (QED) is 0.626. The van der Waals surface area contributed by atoms with Crippen LogP contribution in [0.25, 0.3) is 0 Å². The molecule has 1 amide bonds. The molecule has 4 nitrogen and oxygen atoms in total. The van der Waals surface area contributed by atoms with Crippen molar-refractivity contribution in [1.82, 2.24) is 5.32 Å². The lowest BCUT2D eigenvalue weighted by Gasteiger charge is -2.15. The Morgan fingerprint density at radius 2 is 2.11 bits per heavy atom. The fourth-order valence-corrected chi connectivity index (χ4v) is 2.13. The van der Waals surface area contributed by atoms with Crippen molar-refractivity contribution < 1.29 is 9.90 Å². The Balaban J connectivity index is 2.40. The fraction of sp³-hybridized carbons (Fsp3) is 0.533. The van der Waals surface area contributed by atoms with Gasteiger partial charge in [0.25, 0.3) is 0 Å². The Labute approximate surface area is 115 Å². The molecular formula is C15H24N2O2. The molecule has 0 spiro atoms. The molecule has 0 fully saturated rings. The highest BCUT2D eigenvalue weighted by Crippen LogP contribution is 2.12. The minimum Gasteiger partial charge on any atom is -0.398 e. The van der Waals surface area contributed by atoms with Gasteiger partial charge in [-0.05, 0) is 30.4 Å². The molecule has 1 aromatic carbocycles. The molecule has 4 N–H and O–H groups in total. The zero-order valence-corrected chi connectivity index (χ0v) is 11.6. The minimum atomic E-state index is -0.0167. The van der Waals surface area contributed by atoms with Crippen LogP contribution in [0.5, 0.6) is 0 Å². The van der Waals surface area contributed by atoms with Crippen LogP contribution in [0.4, 0.5) is 5.69 Å².